The molecule has 0 atom stereocenters. The van der Waals surface area contributed by atoms with E-state index in [1.807, 2.05) is 0 Å². The molecule has 7 nitrogen and oxygen atoms in total. The molecule has 0 aliphatic heterocycles. The number of amides is 1. The maximum atomic E-state index is 12.8. The second-order valence-corrected chi connectivity index (χ2v) is 6.11. The third kappa shape index (κ3) is 3.73. The molecule has 27 heavy (non-hydrogen) atoms. The molecule has 3 aromatic rings. The van der Waals surface area contributed by atoms with E-state index in [9.17, 15) is 19.5 Å². The second kappa shape index (κ2) is 7.43. The fourth-order valence-corrected chi connectivity index (χ4v) is 2.73. The van der Waals surface area contributed by atoms with Crippen molar-refractivity contribution in [2.75, 3.05) is 5.32 Å². The fraction of sp³-hybridized carbons (Fsp3) is 0.0526. The van der Waals surface area contributed by atoms with Crippen molar-refractivity contribution in [1.82, 2.24) is 9.78 Å². The second-order valence-electron chi connectivity index (χ2n) is 5.67. The number of anilines is 1. The van der Waals surface area contributed by atoms with E-state index in [-0.39, 0.29) is 28.3 Å². The molecule has 0 saturated carbocycles. The number of hydrogen-bond donors (Lipinski definition) is 2. The van der Waals surface area contributed by atoms with Gasteiger partial charge in [-0.25, -0.2) is 4.79 Å². The molecule has 0 radical (unpaired) electrons. The van der Waals surface area contributed by atoms with E-state index < -0.39 is 11.9 Å². The zero-order valence-electron chi connectivity index (χ0n) is 14.1. The topological polar surface area (TPSA) is 101 Å². The van der Waals surface area contributed by atoms with Crippen molar-refractivity contribution < 1.29 is 19.5 Å². The molecule has 2 N–H and O–H groups in total. The summed E-state index contributed by atoms with van der Waals surface area (Å²) in [6.07, 6.45) is 1.24. The van der Waals surface area contributed by atoms with Crippen molar-refractivity contribution in [1.29, 1.82) is 0 Å². The van der Waals surface area contributed by atoms with Crippen LogP contribution in [0, 0.1) is 0 Å². The molecule has 2 aromatic carbocycles. The molecule has 8 heteroatoms. The van der Waals surface area contributed by atoms with Crippen LogP contribution in [-0.4, -0.2) is 32.5 Å². The number of ketones is 1. The Morgan fingerprint density at radius 3 is 2.30 bits per heavy atom. The highest BCUT2D eigenvalue weighted by molar-refractivity contribution is 6.30. The van der Waals surface area contributed by atoms with Gasteiger partial charge in [-0.3, -0.25) is 14.3 Å². The Bertz CT molecular complexity index is 1040. The monoisotopic (exact) mass is 383 g/mol. The average molecular weight is 384 g/mol. The maximum Gasteiger partial charge on any atom is 0.356 e. The number of carbonyl (C=O) groups is 3. The van der Waals surface area contributed by atoms with Gasteiger partial charge in [-0.15, -0.1) is 0 Å². The number of nitrogens with zero attached hydrogens (tertiary/aromatic N) is 2. The average Bonchev–Trinajstić information content (AvgIpc) is 3.02. The molecule has 0 bridgehead atoms. The number of carboxylic acids is 1. The van der Waals surface area contributed by atoms with E-state index in [2.05, 4.69) is 10.4 Å². The van der Waals surface area contributed by atoms with E-state index in [0.717, 1.165) is 4.68 Å². The Hall–Kier alpha value is -3.45. The van der Waals surface area contributed by atoms with Gasteiger partial charge in [-0.2, -0.15) is 5.10 Å². The minimum Gasteiger partial charge on any atom is -0.476 e. The van der Waals surface area contributed by atoms with E-state index >= 15 is 0 Å². The normalized spacial score (nSPS) is 10.4. The van der Waals surface area contributed by atoms with Gasteiger partial charge in [-0.1, -0.05) is 29.8 Å². The Labute approximate surface area is 159 Å². The molecule has 0 fully saturated rings. The van der Waals surface area contributed by atoms with Gasteiger partial charge >= 0.3 is 5.97 Å². The van der Waals surface area contributed by atoms with Crippen molar-refractivity contribution >= 4 is 34.9 Å². The minimum atomic E-state index is -1.23. The van der Waals surface area contributed by atoms with Crippen molar-refractivity contribution in [2.45, 2.75) is 0 Å². The Morgan fingerprint density at radius 2 is 1.67 bits per heavy atom. The van der Waals surface area contributed by atoms with E-state index in [4.69, 9.17) is 11.6 Å². The molecule has 1 heterocycles. The van der Waals surface area contributed by atoms with Crippen LogP contribution in [0.1, 0.15) is 36.8 Å². The predicted octanol–water partition coefficient (Wildman–Crippen LogP) is 3.26. The summed E-state index contributed by atoms with van der Waals surface area (Å²) in [6.45, 7) is 0. The lowest BCUT2D eigenvalue weighted by molar-refractivity contribution is 0.0686. The summed E-state index contributed by atoms with van der Waals surface area (Å²) >= 11 is 5.85. The zero-order valence-corrected chi connectivity index (χ0v) is 14.9. The number of halogens is 1. The maximum absolute atomic E-state index is 12.8. The summed E-state index contributed by atoms with van der Waals surface area (Å²) in [7, 11) is 1.46. The van der Waals surface area contributed by atoms with Crippen LogP contribution in [0.5, 0.6) is 0 Å². The smallest absolute Gasteiger partial charge is 0.356 e. The van der Waals surface area contributed by atoms with Gasteiger partial charge in [0, 0.05) is 23.2 Å². The number of aryl methyl sites for hydroxylation is 1. The SMILES string of the molecule is Cn1ncc(NC(=O)c2ccccc2C(=O)c2ccc(Cl)cc2)c1C(=O)O. The van der Waals surface area contributed by atoms with Crippen LogP contribution in [-0.2, 0) is 7.05 Å². The number of carboxylic acid groups (broad SMARTS) is 1. The molecule has 0 aliphatic carbocycles. The molecule has 136 valence electrons. The van der Waals surface area contributed by atoms with E-state index in [0.29, 0.717) is 10.6 Å². The van der Waals surface area contributed by atoms with Crippen molar-refractivity contribution in [3.63, 3.8) is 0 Å². The number of carbonyl (C=O) groups excluding carboxylic acids is 2. The van der Waals surface area contributed by atoms with Gasteiger partial charge in [0.05, 0.1) is 17.4 Å². The summed E-state index contributed by atoms with van der Waals surface area (Å²) in [5, 5.41) is 16.1. The first-order chi connectivity index (χ1) is 12.9. The number of aromatic nitrogens is 2. The molecule has 0 spiro atoms. The standard InChI is InChI=1S/C19H14ClN3O4/c1-23-16(19(26)27)15(10-21-23)22-18(25)14-5-3-2-4-13(14)17(24)11-6-8-12(20)9-7-11/h2-10H,1H3,(H,22,25)(H,26,27). The Balaban J connectivity index is 1.94. The molecule has 0 aliphatic rings. The number of nitrogens with one attached hydrogen (secondary N) is 1. The number of rotatable bonds is 5. The zero-order chi connectivity index (χ0) is 19.6. The van der Waals surface area contributed by atoms with Crippen molar-refractivity contribution in [3.8, 4) is 0 Å². The van der Waals surface area contributed by atoms with Gasteiger partial charge in [0.15, 0.2) is 11.5 Å². The summed E-state index contributed by atoms with van der Waals surface area (Å²) < 4.78 is 1.14. The summed E-state index contributed by atoms with van der Waals surface area (Å²) in [5.41, 5.74) is 0.580. The van der Waals surface area contributed by atoms with Crippen LogP contribution in [0.3, 0.4) is 0 Å². The molecule has 0 saturated heterocycles. The molecule has 0 unspecified atom stereocenters. The third-order valence-corrected chi connectivity index (χ3v) is 4.16. The molecular weight excluding hydrogens is 370 g/mol. The van der Waals surface area contributed by atoms with Crippen LogP contribution >= 0.6 is 11.6 Å². The van der Waals surface area contributed by atoms with Crippen LogP contribution in [0.4, 0.5) is 5.69 Å². The predicted molar refractivity (Wildman–Crippen MR) is 99.4 cm³/mol. The molecular formula is C19H14ClN3O4. The van der Waals surface area contributed by atoms with Crippen LogP contribution < -0.4 is 5.32 Å². The highest BCUT2D eigenvalue weighted by Gasteiger charge is 2.22. The largest absolute Gasteiger partial charge is 0.476 e. The highest BCUT2D eigenvalue weighted by Crippen LogP contribution is 2.20. The Morgan fingerprint density at radius 1 is 1.04 bits per heavy atom. The number of aromatic carboxylic acids is 1. The van der Waals surface area contributed by atoms with Crippen LogP contribution in [0.2, 0.25) is 5.02 Å². The first-order valence-corrected chi connectivity index (χ1v) is 8.22. The lowest BCUT2D eigenvalue weighted by Crippen LogP contribution is -2.18. The first-order valence-electron chi connectivity index (χ1n) is 7.84. The summed E-state index contributed by atoms with van der Waals surface area (Å²) in [5.74, 6) is -2.18. The molecule has 3 rings (SSSR count). The van der Waals surface area contributed by atoms with Gasteiger partial charge in [-0.05, 0) is 30.3 Å². The molecule has 1 aromatic heterocycles. The Kier molecular flexibility index (Phi) is 5.05. The first kappa shape index (κ1) is 18.3. The quantitative estimate of drug-likeness (QED) is 0.658. The fourth-order valence-electron chi connectivity index (χ4n) is 2.61. The van der Waals surface area contributed by atoms with Crippen molar-refractivity contribution in [2.24, 2.45) is 7.05 Å². The van der Waals surface area contributed by atoms with Crippen molar-refractivity contribution in [3.05, 3.63) is 82.1 Å². The van der Waals surface area contributed by atoms with Crippen LogP contribution in [0.15, 0.2) is 54.7 Å². The lowest BCUT2D eigenvalue weighted by Gasteiger charge is -2.09. The summed E-state index contributed by atoms with van der Waals surface area (Å²) in [4.78, 5) is 36.8. The molecule has 1 amide bonds. The number of benzene rings is 2. The van der Waals surface area contributed by atoms with Crippen LogP contribution in [0.25, 0.3) is 0 Å². The van der Waals surface area contributed by atoms with E-state index in [1.54, 1.807) is 36.4 Å². The minimum absolute atomic E-state index is 0.0451. The van der Waals surface area contributed by atoms with Gasteiger partial charge in [0.25, 0.3) is 5.91 Å². The van der Waals surface area contributed by atoms with Gasteiger partial charge in [0.1, 0.15) is 0 Å². The number of hydrogen-bond acceptors (Lipinski definition) is 4. The highest BCUT2D eigenvalue weighted by atomic mass is 35.5. The summed E-state index contributed by atoms with van der Waals surface area (Å²) in [6, 6.07) is 12.6. The van der Waals surface area contributed by atoms with Gasteiger partial charge < -0.3 is 10.4 Å². The lowest BCUT2D eigenvalue weighted by atomic mass is 9.98. The third-order valence-electron chi connectivity index (χ3n) is 3.91. The van der Waals surface area contributed by atoms with Gasteiger partial charge in [0.2, 0.25) is 0 Å². The van der Waals surface area contributed by atoms with E-state index in [1.165, 1.54) is 25.4 Å².